The first-order chi connectivity index (χ1) is 13.2. The van der Waals surface area contributed by atoms with Crippen molar-refractivity contribution in [3.05, 3.63) is 54.1 Å². The molecule has 0 bridgehead atoms. The van der Waals surface area contributed by atoms with Gasteiger partial charge < -0.3 is 19.2 Å². The summed E-state index contributed by atoms with van der Waals surface area (Å²) in [5.41, 5.74) is 1.98. The summed E-state index contributed by atoms with van der Waals surface area (Å²) < 4.78 is 16.5. The molecular formula is C20H21N3O4. The Hall–Kier alpha value is -3.22. The van der Waals surface area contributed by atoms with E-state index in [4.69, 9.17) is 13.9 Å². The first kappa shape index (κ1) is 17.2. The number of aryl methyl sites for hydroxylation is 1. The molecule has 140 valence electrons. The first-order valence-electron chi connectivity index (χ1n) is 8.97. The van der Waals surface area contributed by atoms with Gasteiger partial charge in [-0.2, -0.15) is 5.10 Å². The van der Waals surface area contributed by atoms with E-state index in [1.807, 2.05) is 37.3 Å². The van der Waals surface area contributed by atoms with Crippen LogP contribution in [0.15, 0.2) is 47.2 Å². The Morgan fingerprint density at radius 1 is 1.26 bits per heavy atom. The number of benzene rings is 1. The minimum atomic E-state index is -0.166. The van der Waals surface area contributed by atoms with Gasteiger partial charge in [-0.15, -0.1) is 0 Å². The number of aromatic amines is 1. The molecule has 0 saturated carbocycles. The number of nitrogens with one attached hydrogen (secondary N) is 2. The fourth-order valence-electron chi connectivity index (χ4n) is 3.06. The summed E-state index contributed by atoms with van der Waals surface area (Å²) in [4.78, 5) is 12.7. The predicted molar refractivity (Wildman–Crippen MR) is 99.0 cm³/mol. The number of nitrogens with zero attached hydrogens (tertiary/aromatic N) is 1. The van der Waals surface area contributed by atoms with Crippen LogP contribution in [0.1, 0.15) is 29.5 Å². The topological polar surface area (TPSA) is 89.4 Å². The minimum Gasteiger partial charge on any atom is -0.486 e. The number of H-pyrrole nitrogens is 1. The fraction of sp³-hybridized carbons (Fsp3) is 0.300. The van der Waals surface area contributed by atoms with Gasteiger partial charge in [0.25, 0.3) is 5.91 Å². The Kier molecular flexibility index (Phi) is 4.82. The number of hydrogen-bond donors (Lipinski definition) is 2. The van der Waals surface area contributed by atoms with E-state index < -0.39 is 0 Å². The third kappa shape index (κ3) is 3.81. The van der Waals surface area contributed by atoms with Crippen LogP contribution in [0.4, 0.5) is 0 Å². The van der Waals surface area contributed by atoms with Crippen molar-refractivity contribution in [2.75, 3.05) is 13.2 Å². The molecule has 2 aromatic heterocycles. The molecule has 1 aliphatic rings. The molecule has 1 unspecified atom stereocenters. The van der Waals surface area contributed by atoms with Crippen molar-refractivity contribution in [2.24, 2.45) is 0 Å². The van der Waals surface area contributed by atoms with Gasteiger partial charge in [0.15, 0.2) is 11.5 Å². The zero-order valence-corrected chi connectivity index (χ0v) is 15.0. The summed E-state index contributed by atoms with van der Waals surface area (Å²) in [6, 6.07) is 9.40. The molecule has 2 N–H and O–H groups in total. The van der Waals surface area contributed by atoms with Crippen LogP contribution in [0.2, 0.25) is 0 Å². The molecule has 7 heteroatoms. The van der Waals surface area contributed by atoms with Crippen LogP contribution >= 0.6 is 0 Å². The zero-order valence-electron chi connectivity index (χ0n) is 15.0. The molecule has 3 aromatic rings. The van der Waals surface area contributed by atoms with E-state index >= 15 is 0 Å². The standard InChI is InChI=1S/C20H21N3O4/c1-13(4-6-15-3-2-8-25-15)22-20(24)16-12-21-23-19(16)14-5-7-17-18(11-14)27-10-9-26-17/h2-3,5,7-8,11-13H,4,6,9-10H2,1H3,(H,21,23)(H,22,24). The quantitative estimate of drug-likeness (QED) is 0.698. The largest absolute Gasteiger partial charge is 0.486 e. The molecule has 1 amide bonds. The number of hydrogen-bond acceptors (Lipinski definition) is 5. The monoisotopic (exact) mass is 367 g/mol. The summed E-state index contributed by atoms with van der Waals surface area (Å²) in [6.07, 6.45) is 4.76. The van der Waals surface area contributed by atoms with Gasteiger partial charge in [0.1, 0.15) is 19.0 Å². The van der Waals surface area contributed by atoms with Crippen LogP contribution in [-0.4, -0.2) is 35.4 Å². The maximum Gasteiger partial charge on any atom is 0.255 e. The molecule has 0 fully saturated rings. The second kappa shape index (κ2) is 7.57. The van der Waals surface area contributed by atoms with E-state index in [2.05, 4.69) is 15.5 Å². The molecule has 3 heterocycles. The van der Waals surface area contributed by atoms with Crippen molar-refractivity contribution >= 4 is 5.91 Å². The van der Waals surface area contributed by atoms with Gasteiger partial charge in [0.2, 0.25) is 0 Å². The highest BCUT2D eigenvalue weighted by atomic mass is 16.6. The van der Waals surface area contributed by atoms with Crippen LogP contribution in [-0.2, 0) is 6.42 Å². The summed E-state index contributed by atoms with van der Waals surface area (Å²) in [5.74, 6) is 2.13. The lowest BCUT2D eigenvalue weighted by Crippen LogP contribution is -2.33. The predicted octanol–water partition coefficient (Wildman–Crippen LogP) is 3.19. The molecule has 0 saturated heterocycles. The van der Waals surface area contributed by atoms with Crippen molar-refractivity contribution in [3.8, 4) is 22.8 Å². The number of ether oxygens (including phenoxy) is 2. The van der Waals surface area contributed by atoms with Crippen molar-refractivity contribution < 1.29 is 18.7 Å². The van der Waals surface area contributed by atoms with Gasteiger partial charge in [-0.25, -0.2) is 0 Å². The number of fused-ring (bicyclic) bond motifs is 1. The summed E-state index contributed by atoms with van der Waals surface area (Å²) in [6.45, 7) is 3.03. The summed E-state index contributed by atoms with van der Waals surface area (Å²) in [7, 11) is 0. The van der Waals surface area contributed by atoms with E-state index in [9.17, 15) is 4.79 Å². The van der Waals surface area contributed by atoms with Crippen molar-refractivity contribution in [1.82, 2.24) is 15.5 Å². The van der Waals surface area contributed by atoms with Crippen molar-refractivity contribution in [1.29, 1.82) is 0 Å². The molecular weight excluding hydrogens is 346 g/mol. The second-order valence-corrected chi connectivity index (χ2v) is 6.51. The summed E-state index contributed by atoms with van der Waals surface area (Å²) in [5, 5.41) is 9.99. The fourth-order valence-corrected chi connectivity index (χ4v) is 3.06. The molecule has 27 heavy (non-hydrogen) atoms. The van der Waals surface area contributed by atoms with Crippen LogP contribution in [0.3, 0.4) is 0 Å². The lowest BCUT2D eigenvalue weighted by molar-refractivity contribution is 0.0939. The molecule has 1 atom stereocenters. The van der Waals surface area contributed by atoms with Gasteiger partial charge >= 0.3 is 0 Å². The number of rotatable bonds is 6. The number of carbonyl (C=O) groups excluding carboxylic acids is 1. The van der Waals surface area contributed by atoms with E-state index in [0.717, 1.165) is 24.2 Å². The SMILES string of the molecule is CC(CCc1ccco1)NC(=O)c1cn[nH]c1-c1ccc2c(c1)OCCO2. The smallest absolute Gasteiger partial charge is 0.255 e. The Balaban J connectivity index is 1.45. The Morgan fingerprint density at radius 2 is 2.11 bits per heavy atom. The van der Waals surface area contributed by atoms with Gasteiger partial charge in [0, 0.05) is 18.0 Å². The van der Waals surface area contributed by atoms with Crippen LogP contribution in [0, 0.1) is 0 Å². The van der Waals surface area contributed by atoms with Gasteiger partial charge in [-0.1, -0.05) is 0 Å². The molecule has 0 aliphatic carbocycles. The normalized spacial score (nSPS) is 14.0. The van der Waals surface area contributed by atoms with Crippen LogP contribution < -0.4 is 14.8 Å². The third-order valence-corrected chi connectivity index (χ3v) is 4.50. The first-order valence-corrected chi connectivity index (χ1v) is 8.97. The van der Waals surface area contributed by atoms with E-state index in [1.165, 1.54) is 0 Å². The van der Waals surface area contributed by atoms with Gasteiger partial charge in [-0.05, 0) is 43.7 Å². The highest BCUT2D eigenvalue weighted by Crippen LogP contribution is 2.34. The Morgan fingerprint density at radius 3 is 2.93 bits per heavy atom. The highest BCUT2D eigenvalue weighted by molar-refractivity contribution is 6.00. The lowest BCUT2D eigenvalue weighted by Gasteiger charge is -2.19. The molecule has 7 nitrogen and oxygen atoms in total. The van der Waals surface area contributed by atoms with Crippen LogP contribution in [0.5, 0.6) is 11.5 Å². The Labute approximate surface area is 156 Å². The number of carbonyl (C=O) groups is 1. The molecule has 1 aliphatic heterocycles. The number of amides is 1. The number of furan rings is 1. The van der Waals surface area contributed by atoms with Crippen molar-refractivity contribution in [3.63, 3.8) is 0 Å². The van der Waals surface area contributed by atoms with Crippen molar-refractivity contribution in [2.45, 2.75) is 25.8 Å². The van der Waals surface area contributed by atoms with E-state index in [0.29, 0.717) is 36.0 Å². The molecule has 4 rings (SSSR count). The van der Waals surface area contributed by atoms with Crippen LogP contribution in [0.25, 0.3) is 11.3 Å². The molecule has 0 radical (unpaired) electrons. The Bertz CT molecular complexity index is 917. The lowest BCUT2D eigenvalue weighted by atomic mass is 10.1. The minimum absolute atomic E-state index is 0.00520. The molecule has 0 spiro atoms. The highest BCUT2D eigenvalue weighted by Gasteiger charge is 2.19. The average Bonchev–Trinajstić information content (AvgIpc) is 3.37. The van der Waals surface area contributed by atoms with Gasteiger partial charge in [0.05, 0.1) is 23.7 Å². The third-order valence-electron chi connectivity index (χ3n) is 4.50. The summed E-state index contributed by atoms with van der Waals surface area (Å²) >= 11 is 0. The maximum absolute atomic E-state index is 12.7. The van der Waals surface area contributed by atoms with E-state index in [-0.39, 0.29) is 11.9 Å². The average molecular weight is 367 g/mol. The van der Waals surface area contributed by atoms with Gasteiger partial charge in [-0.3, -0.25) is 9.89 Å². The molecule has 1 aromatic carbocycles. The van der Waals surface area contributed by atoms with E-state index in [1.54, 1.807) is 12.5 Å². The maximum atomic E-state index is 12.7. The zero-order chi connectivity index (χ0) is 18.6. The second-order valence-electron chi connectivity index (χ2n) is 6.51. The number of aromatic nitrogens is 2.